The number of aliphatic hydroxyl groups is 1. The summed E-state index contributed by atoms with van der Waals surface area (Å²) in [5.41, 5.74) is 0.824. The molecule has 0 saturated carbocycles. The third-order valence-electron chi connectivity index (χ3n) is 5.33. The summed E-state index contributed by atoms with van der Waals surface area (Å²) < 4.78 is 1.69. The fourth-order valence-corrected chi connectivity index (χ4v) is 3.34. The van der Waals surface area contributed by atoms with Crippen LogP contribution < -0.4 is 15.5 Å². The first-order chi connectivity index (χ1) is 14.4. The summed E-state index contributed by atoms with van der Waals surface area (Å²) in [6.45, 7) is 9.48. The van der Waals surface area contributed by atoms with Crippen molar-refractivity contribution in [3.63, 3.8) is 0 Å². The first-order valence-electron chi connectivity index (χ1n) is 10.5. The highest BCUT2D eigenvalue weighted by molar-refractivity contribution is 14.0. The van der Waals surface area contributed by atoms with Crippen molar-refractivity contribution in [2.24, 2.45) is 12.0 Å². The van der Waals surface area contributed by atoms with Crippen LogP contribution in [0.15, 0.2) is 35.7 Å². The maximum absolute atomic E-state index is 10.8. The van der Waals surface area contributed by atoms with Gasteiger partial charge in [-0.1, -0.05) is 0 Å². The van der Waals surface area contributed by atoms with Crippen LogP contribution in [0, 0.1) is 0 Å². The molecular formula is C21H35IN8O. The van der Waals surface area contributed by atoms with Crippen LogP contribution >= 0.6 is 24.0 Å². The minimum atomic E-state index is -1.05. The molecule has 1 fully saturated rings. The van der Waals surface area contributed by atoms with E-state index in [4.69, 9.17) is 4.99 Å². The van der Waals surface area contributed by atoms with E-state index in [-0.39, 0.29) is 24.0 Å². The number of aryl methyl sites for hydroxylation is 1. The number of pyridine rings is 1. The SMILES string of the molecule is CCNC(=NCc1ccnc(N2CCN(C)CC2)c1)NCC(C)(O)c1cnn(C)c1.I. The average Bonchev–Trinajstić information content (AvgIpc) is 3.18. The molecular weight excluding hydrogens is 507 g/mol. The molecule has 1 aliphatic heterocycles. The molecule has 0 aromatic carbocycles. The Morgan fingerprint density at radius 2 is 1.97 bits per heavy atom. The van der Waals surface area contributed by atoms with Crippen molar-refractivity contribution in [1.29, 1.82) is 0 Å². The van der Waals surface area contributed by atoms with Crippen molar-refractivity contribution in [3.8, 4) is 0 Å². The summed E-state index contributed by atoms with van der Waals surface area (Å²) in [4.78, 5) is 13.9. The standard InChI is InChI=1S/C21H34N8O.HI/c1-5-22-20(25-16-21(2,30)18-14-26-28(4)15-18)24-13-17-6-7-23-19(12-17)29-10-8-27(3)9-11-29;/h6-7,12,14-15,30H,5,8-11,13,16H2,1-4H3,(H2,22,24,25);1H. The predicted molar refractivity (Wildman–Crippen MR) is 135 cm³/mol. The van der Waals surface area contributed by atoms with Gasteiger partial charge in [0.05, 0.1) is 19.3 Å². The molecule has 0 aliphatic carbocycles. The monoisotopic (exact) mass is 542 g/mol. The van der Waals surface area contributed by atoms with Crippen molar-refractivity contribution in [2.45, 2.75) is 26.0 Å². The second-order valence-corrected chi connectivity index (χ2v) is 8.04. The molecule has 3 heterocycles. The molecule has 172 valence electrons. The molecule has 0 radical (unpaired) electrons. The van der Waals surface area contributed by atoms with E-state index < -0.39 is 5.60 Å². The number of piperazine rings is 1. The Labute approximate surface area is 202 Å². The van der Waals surface area contributed by atoms with E-state index in [2.05, 4.69) is 43.6 Å². The first kappa shape index (κ1) is 25.3. The zero-order chi connectivity index (χ0) is 21.6. The van der Waals surface area contributed by atoms with E-state index in [1.165, 1.54) is 0 Å². The maximum Gasteiger partial charge on any atom is 0.191 e. The Bertz CT molecular complexity index is 845. The van der Waals surface area contributed by atoms with Gasteiger partial charge in [0.15, 0.2) is 5.96 Å². The predicted octanol–water partition coefficient (Wildman–Crippen LogP) is 1.15. The van der Waals surface area contributed by atoms with Crippen molar-refractivity contribution < 1.29 is 5.11 Å². The van der Waals surface area contributed by atoms with Crippen LogP contribution in [0.3, 0.4) is 0 Å². The van der Waals surface area contributed by atoms with E-state index in [9.17, 15) is 5.11 Å². The number of hydrogen-bond acceptors (Lipinski definition) is 6. The first-order valence-corrected chi connectivity index (χ1v) is 10.5. The Balaban J connectivity index is 0.00000341. The molecule has 0 spiro atoms. The smallest absolute Gasteiger partial charge is 0.191 e. The molecule has 1 saturated heterocycles. The number of anilines is 1. The van der Waals surface area contributed by atoms with Gasteiger partial charge in [-0.2, -0.15) is 5.10 Å². The Morgan fingerprint density at radius 1 is 1.23 bits per heavy atom. The largest absolute Gasteiger partial charge is 0.383 e. The summed E-state index contributed by atoms with van der Waals surface area (Å²) in [6.07, 6.45) is 5.36. The van der Waals surface area contributed by atoms with Crippen LogP contribution in [0.2, 0.25) is 0 Å². The van der Waals surface area contributed by atoms with Crippen LogP contribution in [-0.4, -0.2) is 77.0 Å². The van der Waals surface area contributed by atoms with E-state index in [1.54, 1.807) is 17.8 Å². The fraction of sp³-hybridized carbons (Fsp3) is 0.571. The number of likely N-dealkylation sites (N-methyl/N-ethyl adjacent to an activating group) is 1. The molecule has 2 aromatic heterocycles. The molecule has 1 atom stereocenters. The minimum absolute atomic E-state index is 0. The lowest BCUT2D eigenvalue weighted by Gasteiger charge is -2.33. The molecule has 1 aliphatic rings. The Hall–Kier alpha value is -1.92. The lowest BCUT2D eigenvalue weighted by atomic mass is 10.00. The number of rotatable bonds is 7. The molecule has 2 aromatic rings. The van der Waals surface area contributed by atoms with Gasteiger partial charge in [0.25, 0.3) is 0 Å². The lowest BCUT2D eigenvalue weighted by molar-refractivity contribution is 0.0616. The topological polar surface area (TPSA) is 93.8 Å². The van der Waals surface area contributed by atoms with Crippen LogP contribution in [0.4, 0.5) is 5.82 Å². The summed E-state index contributed by atoms with van der Waals surface area (Å²) in [5.74, 6) is 1.67. The van der Waals surface area contributed by atoms with Crippen LogP contribution in [0.1, 0.15) is 25.0 Å². The second kappa shape index (κ2) is 11.6. The van der Waals surface area contributed by atoms with Gasteiger partial charge in [0.2, 0.25) is 0 Å². The number of hydrogen-bond donors (Lipinski definition) is 3. The highest BCUT2D eigenvalue weighted by Crippen LogP contribution is 2.18. The molecule has 3 N–H and O–H groups in total. The Kier molecular flexibility index (Phi) is 9.51. The highest BCUT2D eigenvalue weighted by Gasteiger charge is 2.25. The molecule has 0 bridgehead atoms. The molecule has 10 heteroatoms. The molecule has 3 rings (SSSR count). The van der Waals surface area contributed by atoms with Gasteiger partial charge in [0, 0.05) is 57.7 Å². The van der Waals surface area contributed by atoms with E-state index in [0.717, 1.165) is 49.7 Å². The van der Waals surface area contributed by atoms with Crippen molar-refractivity contribution in [3.05, 3.63) is 41.9 Å². The second-order valence-electron chi connectivity index (χ2n) is 8.04. The van der Waals surface area contributed by atoms with Crippen molar-refractivity contribution in [1.82, 2.24) is 30.3 Å². The zero-order valence-electron chi connectivity index (χ0n) is 18.9. The van der Waals surface area contributed by atoms with E-state index in [1.807, 2.05) is 32.4 Å². The van der Waals surface area contributed by atoms with Crippen LogP contribution in [0.25, 0.3) is 0 Å². The molecule has 31 heavy (non-hydrogen) atoms. The number of aromatic nitrogens is 3. The summed E-state index contributed by atoms with van der Waals surface area (Å²) in [5, 5.41) is 21.4. The number of halogens is 1. The van der Waals surface area contributed by atoms with Gasteiger partial charge in [-0.3, -0.25) is 4.68 Å². The van der Waals surface area contributed by atoms with Gasteiger partial charge in [-0.25, -0.2) is 9.98 Å². The zero-order valence-corrected chi connectivity index (χ0v) is 21.2. The third-order valence-corrected chi connectivity index (χ3v) is 5.33. The van der Waals surface area contributed by atoms with Gasteiger partial charge in [-0.15, -0.1) is 24.0 Å². The van der Waals surface area contributed by atoms with Gasteiger partial charge in [0.1, 0.15) is 11.4 Å². The van der Waals surface area contributed by atoms with Crippen molar-refractivity contribution >= 4 is 35.8 Å². The van der Waals surface area contributed by atoms with Crippen molar-refractivity contribution in [2.75, 3.05) is 51.2 Å². The van der Waals surface area contributed by atoms with Gasteiger partial charge < -0.3 is 25.5 Å². The normalized spacial score (nSPS) is 17.1. The number of guanidine groups is 1. The lowest BCUT2D eigenvalue weighted by Crippen LogP contribution is -2.44. The summed E-state index contributed by atoms with van der Waals surface area (Å²) >= 11 is 0. The average molecular weight is 542 g/mol. The van der Waals surface area contributed by atoms with E-state index >= 15 is 0 Å². The quantitative estimate of drug-likeness (QED) is 0.275. The Morgan fingerprint density at radius 3 is 2.61 bits per heavy atom. The van der Waals surface area contributed by atoms with Crippen LogP contribution in [-0.2, 0) is 19.2 Å². The molecule has 1 unspecified atom stereocenters. The minimum Gasteiger partial charge on any atom is -0.383 e. The molecule has 9 nitrogen and oxygen atoms in total. The number of nitrogens with one attached hydrogen (secondary N) is 2. The summed E-state index contributed by atoms with van der Waals surface area (Å²) in [7, 11) is 3.99. The molecule has 0 amide bonds. The maximum atomic E-state index is 10.8. The number of nitrogens with zero attached hydrogens (tertiary/aromatic N) is 6. The number of aliphatic imine (C=N–C) groups is 1. The highest BCUT2D eigenvalue weighted by atomic mass is 127. The third kappa shape index (κ3) is 7.32. The van der Waals surface area contributed by atoms with Gasteiger partial charge >= 0.3 is 0 Å². The van der Waals surface area contributed by atoms with Gasteiger partial charge in [-0.05, 0) is 38.6 Å². The van der Waals surface area contributed by atoms with Crippen LogP contribution in [0.5, 0.6) is 0 Å². The summed E-state index contributed by atoms with van der Waals surface area (Å²) in [6, 6.07) is 4.11. The van der Waals surface area contributed by atoms with E-state index in [0.29, 0.717) is 19.0 Å². The fourth-order valence-electron chi connectivity index (χ4n) is 3.34.